The topological polar surface area (TPSA) is 113 Å². The van der Waals surface area contributed by atoms with Crippen LogP contribution >= 0.6 is 0 Å². The van der Waals surface area contributed by atoms with Gasteiger partial charge in [0.05, 0.1) is 39.6 Å². The van der Waals surface area contributed by atoms with E-state index in [-0.39, 0.29) is 0 Å². The monoisotopic (exact) mass is 381 g/mol. The summed E-state index contributed by atoms with van der Waals surface area (Å²) in [4.78, 5) is 22.2. The zero-order valence-electron chi connectivity index (χ0n) is 14.8. The number of hydrogen-bond acceptors (Lipinski definition) is 7. The van der Waals surface area contributed by atoms with Gasteiger partial charge in [-0.25, -0.2) is 4.79 Å². The molecule has 1 aliphatic rings. The van der Waals surface area contributed by atoms with E-state index < -0.39 is 11.9 Å². The summed E-state index contributed by atoms with van der Waals surface area (Å²) in [5.74, 6) is -0.824. The minimum absolute atomic E-state index is 0.295. The predicted molar refractivity (Wildman–Crippen MR) is 95.3 cm³/mol. The molecule has 0 atom stereocenters. The highest BCUT2D eigenvalue weighted by Gasteiger charge is 2.09. The number of ether oxygens (including phenoxy) is 5. The van der Waals surface area contributed by atoms with Gasteiger partial charge in [-0.2, -0.15) is 0 Å². The summed E-state index contributed by atoms with van der Waals surface area (Å²) in [6.07, 6.45) is 1.69. The van der Waals surface area contributed by atoms with E-state index in [1.807, 2.05) is 0 Å². The van der Waals surface area contributed by atoms with Crippen molar-refractivity contribution in [3.63, 3.8) is 0 Å². The number of hydrogen-bond donors (Lipinski definition) is 2. The van der Waals surface area contributed by atoms with Crippen molar-refractivity contribution in [1.82, 2.24) is 0 Å². The van der Waals surface area contributed by atoms with Crippen molar-refractivity contribution in [2.24, 2.45) is 0 Å². The second-order valence-corrected chi connectivity index (χ2v) is 5.36. The highest BCUT2D eigenvalue weighted by atomic mass is 16.6. The lowest BCUT2D eigenvalue weighted by Crippen LogP contribution is -2.13. The lowest BCUT2D eigenvalue weighted by molar-refractivity contribution is -0.131. The molecular formula is C18H23NO8. The number of carbonyl (C=O) groups is 2. The second kappa shape index (κ2) is 11.9. The van der Waals surface area contributed by atoms with Gasteiger partial charge in [0, 0.05) is 23.9 Å². The number of rotatable bonds is 3. The summed E-state index contributed by atoms with van der Waals surface area (Å²) in [5.41, 5.74) is 0.445. The van der Waals surface area contributed by atoms with Gasteiger partial charge in [0.25, 0.3) is 0 Å². The first-order chi connectivity index (χ1) is 13.1. The molecule has 1 heterocycles. The van der Waals surface area contributed by atoms with Crippen molar-refractivity contribution in [3.05, 3.63) is 30.4 Å². The Kier molecular flexibility index (Phi) is 9.11. The molecule has 9 nitrogen and oxygen atoms in total. The summed E-state index contributed by atoms with van der Waals surface area (Å²) >= 11 is 0. The van der Waals surface area contributed by atoms with Gasteiger partial charge in [-0.05, 0) is 12.1 Å². The van der Waals surface area contributed by atoms with Crippen LogP contribution in [0.3, 0.4) is 0 Å². The fourth-order valence-corrected chi connectivity index (χ4v) is 2.11. The molecule has 0 saturated heterocycles. The largest absolute Gasteiger partial charge is 0.487 e. The minimum atomic E-state index is -1.20. The molecule has 0 saturated carbocycles. The Morgan fingerprint density at radius 1 is 0.815 bits per heavy atom. The number of aliphatic carboxylic acids is 1. The molecule has 0 fully saturated rings. The van der Waals surface area contributed by atoms with Crippen molar-refractivity contribution >= 4 is 17.6 Å². The summed E-state index contributed by atoms with van der Waals surface area (Å²) in [6.45, 7) is 3.31. The quantitative estimate of drug-likeness (QED) is 0.748. The van der Waals surface area contributed by atoms with Crippen LogP contribution in [0.5, 0.6) is 11.5 Å². The molecule has 0 radical (unpaired) electrons. The molecule has 27 heavy (non-hydrogen) atoms. The standard InChI is InChI=1S/C18H23NO8/c20-17(3-4-18(21)22)19-14-1-2-15-16(13-14)27-12-10-25-8-6-23-5-7-24-9-11-26-15/h1-4,13H,5-12H2,(H,19,20)(H,21,22)/b4-3-. The number of amides is 1. The van der Waals surface area contributed by atoms with E-state index in [4.69, 9.17) is 28.8 Å². The zero-order valence-corrected chi connectivity index (χ0v) is 14.8. The molecule has 0 bridgehead atoms. The molecule has 2 N–H and O–H groups in total. The van der Waals surface area contributed by atoms with E-state index in [0.29, 0.717) is 70.0 Å². The van der Waals surface area contributed by atoms with Gasteiger partial charge < -0.3 is 34.1 Å². The number of fused-ring (bicyclic) bond motifs is 1. The maximum Gasteiger partial charge on any atom is 0.328 e. The molecule has 2 rings (SSSR count). The maximum atomic E-state index is 11.7. The molecule has 1 aromatic rings. The molecular weight excluding hydrogens is 358 g/mol. The van der Waals surface area contributed by atoms with Gasteiger partial charge in [0.1, 0.15) is 13.2 Å². The molecule has 0 unspecified atom stereocenters. The first-order valence-corrected chi connectivity index (χ1v) is 8.50. The van der Waals surface area contributed by atoms with Gasteiger partial charge in [0.2, 0.25) is 5.91 Å². The van der Waals surface area contributed by atoms with Crippen LogP contribution in [0.2, 0.25) is 0 Å². The third kappa shape index (κ3) is 8.54. The molecule has 0 aliphatic carbocycles. The normalized spacial score (nSPS) is 16.9. The maximum absolute atomic E-state index is 11.7. The highest BCUT2D eigenvalue weighted by Crippen LogP contribution is 2.30. The third-order valence-corrected chi connectivity index (χ3v) is 3.30. The summed E-state index contributed by atoms with van der Waals surface area (Å²) in [6, 6.07) is 4.89. The van der Waals surface area contributed by atoms with Crippen LogP contribution in [0, 0.1) is 0 Å². The molecule has 1 amide bonds. The van der Waals surface area contributed by atoms with Crippen molar-refractivity contribution in [2.75, 3.05) is 58.2 Å². The van der Waals surface area contributed by atoms with E-state index in [1.165, 1.54) is 0 Å². The van der Waals surface area contributed by atoms with Crippen LogP contribution < -0.4 is 14.8 Å². The number of carboxylic acid groups (broad SMARTS) is 1. The van der Waals surface area contributed by atoms with Crippen molar-refractivity contribution in [2.45, 2.75) is 0 Å². The summed E-state index contributed by atoms with van der Waals surface area (Å²) < 4.78 is 27.5. The Labute approximate surface area is 156 Å². The first-order valence-electron chi connectivity index (χ1n) is 8.50. The molecule has 1 aliphatic heterocycles. The Balaban J connectivity index is 2.02. The second-order valence-electron chi connectivity index (χ2n) is 5.36. The van der Waals surface area contributed by atoms with Gasteiger partial charge in [0.15, 0.2) is 11.5 Å². The fraction of sp³-hybridized carbons (Fsp3) is 0.444. The average Bonchev–Trinajstić information content (AvgIpc) is 2.65. The highest BCUT2D eigenvalue weighted by molar-refractivity contribution is 6.02. The van der Waals surface area contributed by atoms with Crippen LogP contribution in [-0.4, -0.2) is 69.8 Å². The lowest BCUT2D eigenvalue weighted by Gasteiger charge is -2.14. The van der Waals surface area contributed by atoms with Crippen LogP contribution in [0.15, 0.2) is 30.4 Å². The predicted octanol–water partition coefficient (Wildman–Crippen LogP) is 1.09. The van der Waals surface area contributed by atoms with Gasteiger partial charge >= 0.3 is 5.97 Å². The Bertz CT molecular complexity index is 646. The van der Waals surface area contributed by atoms with Crippen LogP contribution in [0.4, 0.5) is 5.69 Å². The molecule has 9 heteroatoms. The number of carbonyl (C=O) groups excluding carboxylic acids is 1. The number of benzene rings is 1. The average molecular weight is 381 g/mol. The smallest absolute Gasteiger partial charge is 0.328 e. The van der Waals surface area contributed by atoms with Crippen LogP contribution in [0.25, 0.3) is 0 Å². The van der Waals surface area contributed by atoms with Crippen molar-refractivity contribution in [1.29, 1.82) is 0 Å². The van der Waals surface area contributed by atoms with E-state index in [2.05, 4.69) is 5.32 Å². The van der Waals surface area contributed by atoms with Crippen LogP contribution in [-0.2, 0) is 23.8 Å². The number of nitrogens with one attached hydrogen (secondary N) is 1. The van der Waals surface area contributed by atoms with E-state index in [1.54, 1.807) is 18.2 Å². The zero-order chi connectivity index (χ0) is 19.3. The Morgan fingerprint density at radius 2 is 1.37 bits per heavy atom. The molecule has 1 aromatic carbocycles. The molecule has 148 valence electrons. The molecule has 0 spiro atoms. The van der Waals surface area contributed by atoms with E-state index in [9.17, 15) is 9.59 Å². The number of carboxylic acids is 1. The lowest BCUT2D eigenvalue weighted by atomic mass is 10.2. The molecule has 0 aromatic heterocycles. The van der Waals surface area contributed by atoms with Crippen LogP contribution in [0.1, 0.15) is 0 Å². The van der Waals surface area contributed by atoms with Gasteiger partial charge in [-0.15, -0.1) is 0 Å². The first kappa shape index (κ1) is 20.7. The Morgan fingerprint density at radius 3 is 1.96 bits per heavy atom. The SMILES string of the molecule is O=C(O)/C=C\C(=O)Nc1ccc2c(c1)OCCOCCOCCOCCO2. The van der Waals surface area contributed by atoms with Gasteiger partial charge in [-0.3, -0.25) is 4.79 Å². The fourth-order valence-electron chi connectivity index (χ4n) is 2.11. The summed E-state index contributed by atoms with van der Waals surface area (Å²) in [7, 11) is 0. The number of anilines is 1. The van der Waals surface area contributed by atoms with E-state index >= 15 is 0 Å². The minimum Gasteiger partial charge on any atom is -0.487 e. The third-order valence-electron chi connectivity index (χ3n) is 3.30. The van der Waals surface area contributed by atoms with Gasteiger partial charge in [-0.1, -0.05) is 0 Å². The Hall–Kier alpha value is -2.62. The van der Waals surface area contributed by atoms with E-state index in [0.717, 1.165) is 12.2 Å². The van der Waals surface area contributed by atoms with Crippen molar-refractivity contribution < 1.29 is 38.4 Å². The van der Waals surface area contributed by atoms with Crippen molar-refractivity contribution in [3.8, 4) is 11.5 Å². The summed E-state index contributed by atoms with van der Waals surface area (Å²) in [5, 5.41) is 11.1.